The molecule has 26 atom stereocenters. The number of rotatable bonds is 27. The van der Waals surface area contributed by atoms with E-state index in [0.29, 0.717) is 69.3 Å². The molecule has 0 radical (unpaired) electrons. The van der Waals surface area contributed by atoms with Crippen LogP contribution in [0, 0.1) is 133 Å². The third-order valence-electron chi connectivity index (χ3n) is 29.3. The van der Waals surface area contributed by atoms with E-state index >= 15 is 0 Å². The molecule has 8 aliphatic carbocycles. The highest BCUT2D eigenvalue weighted by Crippen LogP contribution is 2.63. The summed E-state index contributed by atoms with van der Waals surface area (Å²) in [6.45, 7) is 29.9. The van der Waals surface area contributed by atoms with Crippen molar-refractivity contribution in [2.45, 2.75) is 274 Å². The van der Waals surface area contributed by atoms with Crippen LogP contribution in [0.3, 0.4) is 0 Å². The zero-order valence-corrected chi connectivity index (χ0v) is 74.9. The third-order valence-corrected chi connectivity index (χ3v) is 29.3. The molecular weight excluding hydrogens is 1630 g/mol. The molecule has 15 aliphatic rings. The number of methoxy groups -OCH3 is 3. The van der Waals surface area contributed by atoms with Crippen molar-refractivity contribution in [3.8, 4) is 6.07 Å². The van der Waals surface area contributed by atoms with Crippen molar-refractivity contribution in [3.63, 3.8) is 0 Å². The maximum absolute atomic E-state index is 12.6. The lowest BCUT2D eigenvalue weighted by Gasteiger charge is -2.34. The molecule has 8 saturated carbocycles. The highest BCUT2D eigenvalue weighted by Gasteiger charge is 2.74. The minimum absolute atomic E-state index is 0.0113. The first-order valence-electron chi connectivity index (χ1n) is 43.5. The van der Waals surface area contributed by atoms with Gasteiger partial charge in [-0.1, -0.05) is 34.6 Å². The van der Waals surface area contributed by atoms with Crippen LogP contribution in [0.2, 0.25) is 0 Å². The molecule has 15 rings (SSSR count). The van der Waals surface area contributed by atoms with Gasteiger partial charge in [-0.25, -0.2) is 19.2 Å². The molecule has 0 aromatic heterocycles. The van der Waals surface area contributed by atoms with Crippen molar-refractivity contribution in [2.75, 3.05) is 61.0 Å². The largest absolute Gasteiger partial charge is 0.469 e. The Labute approximate surface area is 722 Å². The summed E-state index contributed by atoms with van der Waals surface area (Å²) in [6, 6.07) is 2.12. The minimum Gasteiger partial charge on any atom is -0.469 e. The van der Waals surface area contributed by atoms with Crippen LogP contribution in [0.25, 0.3) is 0 Å². The van der Waals surface area contributed by atoms with E-state index in [9.17, 15) is 82.0 Å². The minimum atomic E-state index is -1.44. The molecule has 0 spiro atoms. The fourth-order valence-electron chi connectivity index (χ4n) is 19.7. The molecule has 690 valence electrons. The fraction of sp³-hybridized carbons (Fsp3) is 0.809. The van der Waals surface area contributed by atoms with Gasteiger partial charge in [0.05, 0.1) is 90.9 Å². The van der Waals surface area contributed by atoms with Gasteiger partial charge in [0.2, 0.25) is 5.60 Å². The Hall–Kier alpha value is -9.07. The van der Waals surface area contributed by atoms with Crippen LogP contribution in [-0.2, 0) is 162 Å². The first-order valence-corrected chi connectivity index (χ1v) is 43.5. The fourth-order valence-corrected chi connectivity index (χ4v) is 19.7. The number of hydrogen-bond donors (Lipinski definition) is 0. The maximum atomic E-state index is 12.6. The average molecular weight is 1750 g/mol. The first-order chi connectivity index (χ1) is 58.1. The molecule has 7 saturated heterocycles. The van der Waals surface area contributed by atoms with Crippen LogP contribution in [0.5, 0.6) is 0 Å². The zero-order valence-electron chi connectivity index (χ0n) is 74.9. The third kappa shape index (κ3) is 19.6. The van der Waals surface area contributed by atoms with Gasteiger partial charge in [0.25, 0.3) is 0 Å². The van der Waals surface area contributed by atoms with Gasteiger partial charge >= 0.3 is 95.5 Å². The zero-order chi connectivity index (χ0) is 91.7. The molecule has 0 aromatic rings. The smallest absolute Gasteiger partial charge is 0.350 e. The second kappa shape index (κ2) is 38.2. The molecule has 15 fully saturated rings. The van der Waals surface area contributed by atoms with E-state index in [1.54, 1.807) is 62.5 Å². The lowest BCUT2D eigenvalue weighted by molar-refractivity contribution is -0.192. The van der Waals surface area contributed by atoms with Crippen LogP contribution in [-0.4, -0.2) is 223 Å². The molecule has 124 heavy (non-hydrogen) atoms. The predicted octanol–water partition coefficient (Wildman–Crippen LogP) is 7.65. The second-order valence-corrected chi connectivity index (χ2v) is 39.0. The van der Waals surface area contributed by atoms with Gasteiger partial charge in [-0.3, -0.25) is 57.5 Å². The Morgan fingerprint density at radius 1 is 0.419 bits per heavy atom. The number of nitriles is 1. The molecule has 7 heterocycles. The lowest BCUT2D eigenvalue weighted by Crippen LogP contribution is -2.48. The van der Waals surface area contributed by atoms with Crippen LogP contribution >= 0.6 is 0 Å². The number of esters is 16. The number of nitrogens with zero attached hydrogens (tertiary/aromatic N) is 1. The van der Waals surface area contributed by atoms with Crippen molar-refractivity contribution >= 4 is 95.5 Å². The average Bonchev–Trinajstić information content (AvgIpc) is 1.54. The summed E-state index contributed by atoms with van der Waals surface area (Å²) in [5.41, 5.74) is -5.63. The van der Waals surface area contributed by atoms with E-state index in [1.165, 1.54) is 47.3 Å². The van der Waals surface area contributed by atoms with Crippen molar-refractivity contribution < 1.29 is 162 Å². The Morgan fingerprint density at radius 3 is 1.47 bits per heavy atom. The van der Waals surface area contributed by atoms with Crippen molar-refractivity contribution in [2.24, 2.45) is 121 Å². The standard InChI is InChI=1S/C19H25NO6.C18H26O7.C17H22O9.C17H24O6.C9H16O4.C9H12O2/c1-6-17(2,3)14(21)26-18(4,5)15(22)24-12-10-7-11-13(12)25-16(23)19(11,8-10)9-20;1-5-18(2,3)17(21)24-8-12(19)25-15-9-6-10(14(15)22-4)13-11(9)7-23-16(13)20;1-5-17(2,3)16(21)23-6-7(18)24-12-10-8(14(19)22-4)9-11(25-10)13(12)26-15(9)20;1-4-17(2,3)16(20)21-6-5-12(18)22-13-9-7-10-11(8-9)15(19)23-14(10)13;1-5-9(2,3)8(11)13-6-7(10)12-4;10-9-8-6-2-1-5(3-6)7(8)4-11-9/h10-13H,6-8H2,1-5H3;9-11,13-15H,5-8H2,1-4H3;8-13H,5-6H2,1-4H3;9-11,13-14H,4-8H2,1-3H3;5-6H2,1-4H3;5-8H,1-4H2. The summed E-state index contributed by atoms with van der Waals surface area (Å²) >= 11 is 0. The van der Waals surface area contributed by atoms with Crippen molar-refractivity contribution in [1.29, 1.82) is 5.26 Å². The topological polar surface area (TPSA) is 463 Å². The van der Waals surface area contributed by atoms with Gasteiger partial charge in [-0.2, -0.15) is 5.26 Å². The Bertz CT molecular complexity index is 4130. The molecule has 0 N–H and O–H groups in total. The number of hydrogen-bond acceptors (Lipinski definition) is 35. The first kappa shape index (κ1) is 97.1. The van der Waals surface area contributed by atoms with Crippen LogP contribution in [0.4, 0.5) is 0 Å². The van der Waals surface area contributed by atoms with E-state index in [0.717, 1.165) is 31.8 Å². The SMILES string of the molecule is CCC(C)(C)C(=O)OC(C)(C)C(=O)OC1C2CC3C1OC(=O)C3(C#N)C2.CCC(C)(C)C(=O)OCC(=O)OC.CCC(C)(C)C(=O)OCC(=O)OC1C2CC(C1OC)C1C(=O)OCC21.CCC(C)(C)C(=O)OCC(=O)OC1C2OC(=O)C3C2OC1C3C(=O)OC.CCC(C)(C)C(=O)OCCC(=O)OC1C2CC3C(=O)OC1C3C2.O=C1OCC2C3CCC(C3)C12. The van der Waals surface area contributed by atoms with Gasteiger partial charge < -0.3 is 85.3 Å². The number of ether oxygens (including phenoxy) is 18. The normalized spacial score (nSPS) is 34.0. The summed E-state index contributed by atoms with van der Waals surface area (Å²) in [5.74, 6) is -5.97. The van der Waals surface area contributed by atoms with E-state index in [2.05, 4.69) is 10.8 Å². The summed E-state index contributed by atoms with van der Waals surface area (Å²) < 4.78 is 93.8. The number of cyclic esters (lactones) is 2. The van der Waals surface area contributed by atoms with Gasteiger partial charge in [-0.05, 0) is 178 Å². The van der Waals surface area contributed by atoms with E-state index in [4.69, 9.17) is 80.5 Å². The summed E-state index contributed by atoms with van der Waals surface area (Å²) in [6.07, 6.45) is 4.87. The number of carbonyl (C=O) groups excluding carboxylic acids is 16. The van der Waals surface area contributed by atoms with Crippen molar-refractivity contribution in [1.82, 2.24) is 0 Å². The molecule has 35 heteroatoms. The highest BCUT2D eigenvalue weighted by molar-refractivity contribution is 5.89. The molecule has 10 bridgehead atoms. The number of carbonyl (C=O) groups is 16. The Balaban J connectivity index is 0.000000159. The van der Waals surface area contributed by atoms with Gasteiger partial charge in [0, 0.05) is 54.5 Å². The summed E-state index contributed by atoms with van der Waals surface area (Å²) in [4.78, 5) is 190. The molecule has 0 aromatic carbocycles. The van der Waals surface area contributed by atoms with Gasteiger partial charge in [0.1, 0.15) is 61.2 Å². The van der Waals surface area contributed by atoms with E-state index in [-0.39, 0.29) is 121 Å². The molecule has 35 nitrogen and oxygen atoms in total. The number of fused-ring (bicyclic) bond motifs is 13. The maximum Gasteiger partial charge on any atom is 0.350 e. The quantitative estimate of drug-likeness (QED) is 0.0562. The summed E-state index contributed by atoms with van der Waals surface area (Å²) in [5, 5.41) is 9.42. The molecule has 26 unspecified atom stereocenters. The van der Waals surface area contributed by atoms with Crippen LogP contribution in [0.1, 0.15) is 208 Å². The van der Waals surface area contributed by atoms with Crippen LogP contribution in [0.15, 0.2) is 0 Å². The van der Waals surface area contributed by atoms with Gasteiger partial charge in [-0.15, -0.1) is 0 Å². The van der Waals surface area contributed by atoms with E-state index in [1.807, 2.05) is 48.5 Å². The Kier molecular flexibility index (Phi) is 30.0. The van der Waals surface area contributed by atoms with Gasteiger partial charge in [0.15, 0.2) is 37.4 Å². The Morgan fingerprint density at radius 2 is 0.927 bits per heavy atom. The molecule has 0 amide bonds. The highest BCUT2D eigenvalue weighted by atomic mass is 16.7. The predicted molar refractivity (Wildman–Crippen MR) is 421 cm³/mol. The van der Waals surface area contributed by atoms with Crippen LogP contribution < -0.4 is 0 Å². The lowest BCUT2D eigenvalue weighted by atomic mass is 9.74. The van der Waals surface area contributed by atoms with Crippen molar-refractivity contribution in [3.05, 3.63) is 0 Å². The second-order valence-electron chi connectivity index (χ2n) is 39.0. The molecule has 7 aliphatic heterocycles. The monoisotopic (exact) mass is 1750 g/mol. The summed E-state index contributed by atoms with van der Waals surface area (Å²) in [7, 11) is 4.02. The van der Waals surface area contributed by atoms with E-state index < -0.39 is 172 Å². The molecular formula is C89H125NO34.